The number of fused-ring (bicyclic) bond motifs is 1. The molecule has 0 unspecified atom stereocenters. The number of nitrogens with zero attached hydrogens (tertiary/aromatic N) is 4. The lowest BCUT2D eigenvalue weighted by Gasteiger charge is -2.04. The Morgan fingerprint density at radius 2 is 2.05 bits per heavy atom. The summed E-state index contributed by atoms with van der Waals surface area (Å²) in [6.45, 7) is 1.15. The molecule has 0 saturated carbocycles. The molecule has 0 saturated heterocycles. The van der Waals surface area contributed by atoms with E-state index in [0.717, 1.165) is 5.69 Å². The van der Waals surface area contributed by atoms with Gasteiger partial charge in [-0.05, 0) is 12.1 Å². The number of para-hydroxylation sites is 1. The molecule has 2 heterocycles. The van der Waals surface area contributed by atoms with Gasteiger partial charge in [0.2, 0.25) is 0 Å². The molecule has 96 valence electrons. The van der Waals surface area contributed by atoms with Crippen molar-refractivity contribution in [3.63, 3.8) is 0 Å². The second-order valence-corrected chi connectivity index (χ2v) is 4.10. The Morgan fingerprint density at radius 3 is 2.84 bits per heavy atom. The van der Waals surface area contributed by atoms with Crippen LogP contribution < -0.4 is 11.0 Å². The van der Waals surface area contributed by atoms with Gasteiger partial charge >= 0.3 is 5.69 Å². The van der Waals surface area contributed by atoms with Crippen LogP contribution in [0.5, 0.6) is 0 Å². The normalized spacial score (nSPS) is 10.7. The fourth-order valence-corrected chi connectivity index (χ4v) is 1.89. The van der Waals surface area contributed by atoms with Crippen molar-refractivity contribution in [1.29, 1.82) is 0 Å². The lowest BCUT2D eigenvalue weighted by Crippen LogP contribution is -2.24. The molecule has 1 aromatic carbocycles. The molecule has 6 nitrogen and oxygen atoms in total. The van der Waals surface area contributed by atoms with Gasteiger partial charge in [0.1, 0.15) is 0 Å². The minimum atomic E-state index is -0.146. The molecule has 2 aromatic heterocycles. The average Bonchev–Trinajstić information content (AvgIpc) is 2.78. The first-order chi connectivity index (χ1) is 9.34. The van der Waals surface area contributed by atoms with Crippen LogP contribution in [0.1, 0.15) is 0 Å². The van der Waals surface area contributed by atoms with Crippen molar-refractivity contribution < 1.29 is 0 Å². The number of hydrogen-bond donors (Lipinski definition) is 1. The largest absolute Gasteiger partial charge is 0.383 e. The predicted octanol–water partition coefficient (Wildman–Crippen LogP) is 1.00. The quantitative estimate of drug-likeness (QED) is 0.755. The Hall–Kier alpha value is -2.63. The van der Waals surface area contributed by atoms with Gasteiger partial charge in [-0.15, -0.1) is 5.10 Å². The van der Waals surface area contributed by atoms with E-state index in [1.165, 1.54) is 9.08 Å². The van der Waals surface area contributed by atoms with E-state index in [-0.39, 0.29) is 5.69 Å². The number of aromatic nitrogens is 4. The van der Waals surface area contributed by atoms with Gasteiger partial charge in [0.05, 0.1) is 12.7 Å². The highest BCUT2D eigenvalue weighted by Gasteiger charge is 2.05. The van der Waals surface area contributed by atoms with Crippen molar-refractivity contribution >= 4 is 11.3 Å². The van der Waals surface area contributed by atoms with E-state index in [9.17, 15) is 4.79 Å². The molecular weight excluding hydrogens is 242 g/mol. The van der Waals surface area contributed by atoms with Gasteiger partial charge in [0.15, 0.2) is 5.65 Å². The summed E-state index contributed by atoms with van der Waals surface area (Å²) in [5, 5.41) is 7.45. The third-order valence-electron chi connectivity index (χ3n) is 2.82. The van der Waals surface area contributed by atoms with E-state index in [4.69, 9.17) is 0 Å². The van der Waals surface area contributed by atoms with Gasteiger partial charge in [-0.2, -0.15) is 0 Å². The smallest absolute Gasteiger partial charge is 0.350 e. The van der Waals surface area contributed by atoms with Crippen molar-refractivity contribution in [1.82, 2.24) is 19.2 Å². The molecule has 3 rings (SSSR count). The second-order valence-electron chi connectivity index (χ2n) is 4.10. The predicted molar refractivity (Wildman–Crippen MR) is 72.2 cm³/mol. The van der Waals surface area contributed by atoms with E-state index in [1.807, 2.05) is 30.3 Å². The molecule has 6 heteroatoms. The summed E-state index contributed by atoms with van der Waals surface area (Å²) in [7, 11) is 0. The van der Waals surface area contributed by atoms with Crippen LogP contribution in [0, 0.1) is 0 Å². The number of benzene rings is 1. The highest BCUT2D eigenvalue weighted by atomic mass is 16.2. The molecule has 0 bridgehead atoms. The molecular formula is C13H13N5O. The summed E-state index contributed by atoms with van der Waals surface area (Å²) < 4.78 is 2.92. The Balaban J connectivity index is 1.72. The Kier molecular flexibility index (Phi) is 2.97. The second kappa shape index (κ2) is 4.93. The van der Waals surface area contributed by atoms with Gasteiger partial charge in [0, 0.05) is 24.6 Å². The van der Waals surface area contributed by atoms with Gasteiger partial charge in [-0.25, -0.2) is 13.9 Å². The maximum atomic E-state index is 12.0. The zero-order valence-corrected chi connectivity index (χ0v) is 10.2. The van der Waals surface area contributed by atoms with Crippen LogP contribution in [0.2, 0.25) is 0 Å². The van der Waals surface area contributed by atoms with E-state index < -0.39 is 0 Å². The SMILES string of the molecule is O=c1n(CCNc2ccccc2)nc2cnccn12. The number of anilines is 1. The van der Waals surface area contributed by atoms with Crippen LogP contribution in [-0.4, -0.2) is 25.7 Å². The first-order valence-electron chi connectivity index (χ1n) is 6.03. The average molecular weight is 255 g/mol. The molecule has 0 amide bonds. The Bertz CT molecular complexity index is 731. The van der Waals surface area contributed by atoms with E-state index in [2.05, 4.69) is 15.4 Å². The monoisotopic (exact) mass is 255 g/mol. The lowest BCUT2D eigenvalue weighted by molar-refractivity contribution is 0.614. The summed E-state index contributed by atoms with van der Waals surface area (Å²) >= 11 is 0. The first-order valence-corrected chi connectivity index (χ1v) is 6.03. The summed E-state index contributed by atoms with van der Waals surface area (Å²) in [6.07, 6.45) is 4.76. The van der Waals surface area contributed by atoms with Crippen molar-refractivity contribution in [2.75, 3.05) is 11.9 Å². The Morgan fingerprint density at radius 1 is 1.21 bits per heavy atom. The number of nitrogens with one attached hydrogen (secondary N) is 1. The number of rotatable bonds is 4. The molecule has 0 radical (unpaired) electrons. The minimum absolute atomic E-state index is 0.146. The fourth-order valence-electron chi connectivity index (χ4n) is 1.89. The molecule has 0 atom stereocenters. The summed E-state index contributed by atoms with van der Waals surface area (Å²) in [5.74, 6) is 0. The molecule has 0 aliphatic heterocycles. The molecule has 0 spiro atoms. The minimum Gasteiger partial charge on any atom is -0.383 e. The van der Waals surface area contributed by atoms with E-state index in [1.54, 1.807) is 18.6 Å². The lowest BCUT2D eigenvalue weighted by atomic mass is 10.3. The van der Waals surface area contributed by atoms with Crippen LogP contribution >= 0.6 is 0 Å². The third kappa shape index (κ3) is 2.33. The standard InChI is InChI=1S/C13H13N5O/c19-13-17-8-6-14-10-12(17)16-18(13)9-7-15-11-4-2-1-3-5-11/h1-6,8,10,15H,7,9H2. The van der Waals surface area contributed by atoms with Gasteiger partial charge < -0.3 is 5.32 Å². The van der Waals surface area contributed by atoms with Crippen LogP contribution in [-0.2, 0) is 6.54 Å². The van der Waals surface area contributed by atoms with Crippen molar-refractivity contribution in [2.24, 2.45) is 0 Å². The molecule has 0 aliphatic rings. The summed E-state index contributed by atoms with van der Waals surface area (Å²) in [4.78, 5) is 15.9. The van der Waals surface area contributed by atoms with Crippen LogP contribution in [0.4, 0.5) is 5.69 Å². The molecule has 3 aromatic rings. The zero-order chi connectivity index (χ0) is 13.1. The summed E-state index contributed by atoms with van der Waals surface area (Å²) in [5.41, 5.74) is 1.44. The van der Waals surface area contributed by atoms with Crippen molar-refractivity contribution in [3.8, 4) is 0 Å². The summed E-state index contributed by atoms with van der Waals surface area (Å²) in [6, 6.07) is 9.85. The third-order valence-corrected chi connectivity index (χ3v) is 2.82. The molecule has 0 fully saturated rings. The van der Waals surface area contributed by atoms with Gasteiger partial charge in [-0.3, -0.25) is 4.98 Å². The van der Waals surface area contributed by atoms with Crippen molar-refractivity contribution in [2.45, 2.75) is 6.54 Å². The van der Waals surface area contributed by atoms with Crippen LogP contribution in [0.3, 0.4) is 0 Å². The highest BCUT2D eigenvalue weighted by Crippen LogP contribution is 2.03. The maximum absolute atomic E-state index is 12.0. The van der Waals surface area contributed by atoms with Crippen molar-refractivity contribution in [3.05, 3.63) is 59.4 Å². The first kappa shape index (κ1) is 11.5. The van der Waals surface area contributed by atoms with Gasteiger partial charge in [0.25, 0.3) is 0 Å². The maximum Gasteiger partial charge on any atom is 0.350 e. The molecule has 1 N–H and O–H groups in total. The van der Waals surface area contributed by atoms with Gasteiger partial charge in [-0.1, -0.05) is 18.2 Å². The van der Waals surface area contributed by atoms with E-state index >= 15 is 0 Å². The molecule has 0 aliphatic carbocycles. The van der Waals surface area contributed by atoms with Crippen LogP contribution in [0.25, 0.3) is 5.65 Å². The fraction of sp³-hybridized carbons (Fsp3) is 0.154. The Labute approximate surface area is 109 Å². The highest BCUT2D eigenvalue weighted by molar-refractivity contribution is 5.42. The van der Waals surface area contributed by atoms with Crippen LogP contribution in [0.15, 0.2) is 53.7 Å². The molecule has 19 heavy (non-hydrogen) atoms. The topological polar surface area (TPSA) is 64.2 Å². The van der Waals surface area contributed by atoms with E-state index in [0.29, 0.717) is 18.7 Å². The number of hydrogen-bond acceptors (Lipinski definition) is 4. The zero-order valence-electron chi connectivity index (χ0n) is 10.2.